The second-order valence-corrected chi connectivity index (χ2v) is 6.44. The Balaban J connectivity index is 1.80. The van der Waals surface area contributed by atoms with Gasteiger partial charge in [0.25, 0.3) is 0 Å². The monoisotopic (exact) mass is 370 g/mol. The summed E-state index contributed by atoms with van der Waals surface area (Å²) in [7, 11) is 3.18. The number of benzene rings is 4. The molecule has 0 atom stereocenters. The number of carbonyl (C=O) groups excluding carboxylic acids is 2. The van der Waals surface area contributed by atoms with E-state index in [1.807, 2.05) is 36.4 Å². The fourth-order valence-electron chi connectivity index (χ4n) is 3.42. The van der Waals surface area contributed by atoms with Crippen LogP contribution in [-0.4, -0.2) is 25.8 Å². The summed E-state index contributed by atoms with van der Waals surface area (Å²) in [5, 5.41) is 3.15. The van der Waals surface area contributed by atoms with Crippen LogP contribution in [0.4, 0.5) is 0 Å². The molecule has 4 aromatic carbocycles. The molecule has 138 valence electrons. The SMILES string of the molecule is COc1ccc2c(C(=O)C(=O)c3cccc4cc(OC)ccc34)cccc2c1. The zero-order chi connectivity index (χ0) is 19.7. The average Bonchev–Trinajstić information content (AvgIpc) is 2.76. The van der Waals surface area contributed by atoms with Gasteiger partial charge in [0.2, 0.25) is 11.6 Å². The average molecular weight is 370 g/mol. The Morgan fingerprint density at radius 3 is 1.43 bits per heavy atom. The minimum atomic E-state index is -0.529. The number of methoxy groups -OCH3 is 2. The van der Waals surface area contributed by atoms with Crippen LogP contribution in [-0.2, 0) is 0 Å². The summed E-state index contributed by atoms with van der Waals surface area (Å²) in [5.74, 6) is 0.344. The topological polar surface area (TPSA) is 52.6 Å². The first-order valence-electron chi connectivity index (χ1n) is 8.85. The molecule has 4 nitrogen and oxygen atoms in total. The van der Waals surface area contributed by atoms with Crippen molar-refractivity contribution in [3.8, 4) is 11.5 Å². The van der Waals surface area contributed by atoms with Gasteiger partial charge in [-0.25, -0.2) is 0 Å². The van der Waals surface area contributed by atoms with Gasteiger partial charge in [-0.05, 0) is 57.9 Å². The standard InChI is InChI=1S/C24H18O4/c1-27-17-9-11-19-15(13-17)5-3-7-21(19)23(25)24(26)22-8-4-6-16-14-18(28-2)10-12-20(16)22/h3-14H,1-2H3. The fraction of sp³-hybridized carbons (Fsp3) is 0.0833. The fourth-order valence-corrected chi connectivity index (χ4v) is 3.42. The highest BCUT2D eigenvalue weighted by molar-refractivity contribution is 6.52. The molecule has 0 fully saturated rings. The summed E-state index contributed by atoms with van der Waals surface area (Å²) in [6.07, 6.45) is 0. The molecular weight excluding hydrogens is 352 g/mol. The third kappa shape index (κ3) is 2.99. The maximum absolute atomic E-state index is 13.1. The van der Waals surface area contributed by atoms with Gasteiger partial charge in [0, 0.05) is 11.1 Å². The number of hydrogen-bond acceptors (Lipinski definition) is 4. The molecule has 0 heterocycles. The van der Waals surface area contributed by atoms with Gasteiger partial charge >= 0.3 is 0 Å². The largest absolute Gasteiger partial charge is 0.497 e. The lowest BCUT2D eigenvalue weighted by molar-refractivity contribution is 0.0819. The number of Topliss-reactive ketones (excluding diaryl/α,β-unsaturated/α-hetero) is 2. The minimum absolute atomic E-state index is 0.385. The number of rotatable bonds is 5. The third-order valence-corrected chi connectivity index (χ3v) is 4.87. The summed E-state index contributed by atoms with van der Waals surface area (Å²) < 4.78 is 10.5. The van der Waals surface area contributed by atoms with Crippen LogP contribution in [0.25, 0.3) is 21.5 Å². The molecule has 0 aromatic heterocycles. The normalized spacial score (nSPS) is 10.8. The van der Waals surface area contributed by atoms with E-state index in [0.29, 0.717) is 22.6 Å². The van der Waals surface area contributed by atoms with Crippen molar-refractivity contribution in [1.29, 1.82) is 0 Å². The maximum atomic E-state index is 13.1. The van der Waals surface area contributed by atoms with Crippen LogP contribution in [0.1, 0.15) is 20.7 Å². The number of carbonyl (C=O) groups is 2. The summed E-state index contributed by atoms with van der Waals surface area (Å²) in [6.45, 7) is 0. The molecule has 4 aromatic rings. The zero-order valence-corrected chi connectivity index (χ0v) is 15.6. The number of ketones is 2. The van der Waals surface area contributed by atoms with Crippen molar-refractivity contribution in [1.82, 2.24) is 0 Å². The molecule has 28 heavy (non-hydrogen) atoms. The Labute approximate surface area is 162 Å². The first-order chi connectivity index (χ1) is 13.6. The molecule has 0 bridgehead atoms. The molecule has 0 radical (unpaired) electrons. The van der Waals surface area contributed by atoms with E-state index in [1.54, 1.807) is 50.6 Å². The van der Waals surface area contributed by atoms with Crippen molar-refractivity contribution in [2.24, 2.45) is 0 Å². The summed E-state index contributed by atoms with van der Waals surface area (Å²) >= 11 is 0. The van der Waals surface area contributed by atoms with E-state index < -0.39 is 11.6 Å². The van der Waals surface area contributed by atoms with Crippen LogP contribution in [0, 0.1) is 0 Å². The lowest BCUT2D eigenvalue weighted by atomic mass is 9.93. The van der Waals surface area contributed by atoms with Crippen molar-refractivity contribution in [2.45, 2.75) is 0 Å². The molecule has 0 spiro atoms. The van der Waals surface area contributed by atoms with Gasteiger partial charge in [-0.3, -0.25) is 9.59 Å². The molecule has 0 aliphatic heterocycles. The lowest BCUT2D eigenvalue weighted by Gasteiger charge is -2.09. The molecule has 0 aliphatic rings. The summed E-state index contributed by atoms with van der Waals surface area (Å²) in [5.41, 5.74) is 0.770. The smallest absolute Gasteiger partial charge is 0.234 e. The van der Waals surface area contributed by atoms with Crippen LogP contribution in [0.2, 0.25) is 0 Å². The number of hydrogen-bond donors (Lipinski definition) is 0. The van der Waals surface area contributed by atoms with E-state index in [4.69, 9.17) is 9.47 Å². The van der Waals surface area contributed by atoms with Gasteiger partial charge in [0.05, 0.1) is 14.2 Å². The van der Waals surface area contributed by atoms with E-state index >= 15 is 0 Å². The van der Waals surface area contributed by atoms with Gasteiger partial charge in [0.1, 0.15) is 11.5 Å². The van der Waals surface area contributed by atoms with E-state index in [2.05, 4.69) is 0 Å². The van der Waals surface area contributed by atoms with Crippen molar-refractivity contribution in [3.05, 3.63) is 83.9 Å². The van der Waals surface area contributed by atoms with Gasteiger partial charge < -0.3 is 9.47 Å². The van der Waals surface area contributed by atoms with E-state index in [0.717, 1.165) is 21.5 Å². The van der Waals surface area contributed by atoms with Crippen LogP contribution in [0.3, 0.4) is 0 Å². The third-order valence-electron chi connectivity index (χ3n) is 4.87. The van der Waals surface area contributed by atoms with Crippen molar-refractivity contribution < 1.29 is 19.1 Å². The summed E-state index contributed by atoms with van der Waals surface area (Å²) in [6, 6.07) is 21.6. The highest BCUT2D eigenvalue weighted by atomic mass is 16.5. The molecule has 0 amide bonds. The number of fused-ring (bicyclic) bond motifs is 2. The Bertz CT molecular complexity index is 1130. The van der Waals surface area contributed by atoms with Crippen molar-refractivity contribution >= 4 is 33.1 Å². The quantitative estimate of drug-likeness (QED) is 0.363. The Kier molecular flexibility index (Phi) is 4.53. The second-order valence-electron chi connectivity index (χ2n) is 6.44. The summed E-state index contributed by atoms with van der Waals surface area (Å²) in [4.78, 5) is 26.1. The molecule has 0 saturated carbocycles. The lowest BCUT2D eigenvalue weighted by Crippen LogP contribution is -2.15. The Morgan fingerprint density at radius 2 is 1.04 bits per heavy atom. The predicted molar refractivity (Wildman–Crippen MR) is 110 cm³/mol. The predicted octanol–water partition coefficient (Wildman–Crippen LogP) is 5.08. The van der Waals surface area contributed by atoms with E-state index in [9.17, 15) is 9.59 Å². The molecule has 4 heteroatoms. The van der Waals surface area contributed by atoms with E-state index in [-0.39, 0.29) is 0 Å². The van der Waals surface area contributed by atoms with E-state index in [1.165, 1.54) is 0 Å². The maximum Gasteiger partial charge on any atom is 0.234 e. The minimum Gasteiger partial charge on any atom is -0.497 e. The van der Waals surface area contributed by atoms with Crippen molar-refractivity contribution in [2.75, 3.05) is 14.2 Å². The van der Waals surface area contributed by atoms with Gasteiger partial charge in [-0.2, -0.15) is 0 Å². The first-order valence-corrected chi connectivity index (χ1v) is 8.85. The second kappa shape index (κ2) is 7.16. The van der Waals surface area contributed by atoms with Gasteiger partial charge in [0.15, 0.2) is 0 Å². The van der Waals surface area contributed by atoms with Crippen LogP contribution in [0.5, 0.6) is 11.5 Å². The molecule has 0 unspecified atom stereocenters. The molecule has 0 N–H and O–H groups in total. The van der Waals surface area contributed by atoms with Crippen molar-refractivity contribution in [3.63, 3.8) is 0 Å². The molecule has 0 saturated heterocycles. The molecule has 0 aliphatic carbocycles. The highest BCUT2D eigenvalue weighted by Gasteiger charge is 2.22. The molecule has 4 rings (SSSR count). The van der Waals surface area contributed by atoms with Gasteiger partial charge in [-0.15, -0.1) is 0 Å². The first kappa shape index (κ1) is 17.7. The van der Waals surface area contributed by atoms with Crippen LogP contribution < -0.4 is 9.47 Å². The van der Waals surface area contributed by atoms with Crippen LogP contribution in [0.15, 0.2) is 72.8 Å². The Hall–Kier alpha value is -3.66. The molecular formula is C24H18O4. The van der Waals surface area contributed by atoms with Crippen LogP contribution >= 0.6 is 0 Å². The number of ether oxygens (including phenoxy) is 2. The highest BCUT2D eigenvalue weighted by Crippen LogP contribution is 2.27. The Morgan fingerprint density at radius 1 is 0.607 bits per heavy atom. The zero-order valence-electron chi connectivity index (χ0n) is 15.6. The van der Waals surface area contributed by atoms with Gasteiger partial charge in [-0.1, -0.05) is 36.4 Å².